The number of aromatic nitrogens is 2. The van der Waals surface area contributed by atoms with E-state index >= 15 is 0 Å². The summed E-state index contributed by atoms with van der Waals surface area (Å²) < 4.78 is 2.28. The Morgan fingerprint density at radius 1 is 1.20 bits per heavy atom. The fraction of sp³-hybridized carbons (Fsp3) is 0.300. The SMILES string of the molecule is O=C(NCCc1ccccc1Cl)c1ccc2c(c1)nc1n2CCCC1. The van der Waals surface area contributed by atoms with Crippen LogP contribution >= 0.6 is 11.6 Å². The van der Waals surface area contributed by atoms with Crippen LogP contribution in [0.2, 0.25) is 5.02 Å². The molecule has 128 valence electrons. The lowest BCUT2D eigenvalue weighted by molar-refractivity contribution is 0.0954. The summed E-state index contributed by atoms with van der Waals surface area (Å²) in [5, 5.41) is 3.71. The van der Waals surface area contributed by atoms with Gasteiger partial charge < -0.3 is 9.88 Å². The third-order valence-electron chi connectivity index (χ3n) is 4.76. The molecule has 3 aromatic rings. The fourth-order valence-electron chi connectivity index (χ4n) is 3.43. The van der Waals surface area contributed by atoms with E-state index in [2.05, 4.69) is 9.88 Å². The number of imidazole rings is 1. The smallest absolute Gasteiger partial charge is 0.251 e. The van der Waals surface area contributed by atoms with E-state index in [0.29, 0.717) is 18.5 Å². The van der Waals surface area contributed by atoms with E-state index in [0.717, 1.165) is 40.4 Å². The molecule has 0 aliphatic carbocycles. The summed E-state index contributed by atoms with van der Waals surface area (Å²) in [6.45, 7) is 1.58. The van der Waals surface area contributed by atoms with E-state index in [1.165, 1.54) is 12.8 Å². The molecule has 5 heteroatoms. The standard InChI is InChI=1S/C20H20ClN3O/c21-16-6-2-1-5-14(16)10-11-22-20(25)15-8-9-18-17(13-15)23-19-7-3-4-12-24(18)19/h1-2,5-6,8-9,13H,3-4,7,10-12H2,(H,22,25). The summed E-state index contributed by atoms with van der Waals surface area (Å²) in [6.07, 6.45) is 4.13. The second kappa shape index (κ2) is 6.89. The van der Waals surface area contributed by atoms with Gasteiger partial charge in [-0.2, -0.15) is 0 Å². The van der Waals surface area contributed by atoms with Gasteiger partial charge in [0.1, 0.15) is 5.82 Å². The van der Waals surface area contributed by atoms with E-state index < -0.39 is 0 Å². The van der Waals surface area contributed by atoms with Crippen molar-refractivity contribution >= 4 is 28.5 Å². The van der Waals surface area contributed by atoms with E-state index in [4.69, 9.17) is 16.6 Å². The number of fused-ring (bicyclic) bond motifs is 3. The molecule has 4 rings (SSSR count). The molecule has 2 heterocycles. The Balaban J connectivity index is 1.46. The number of carbonyl (C=O) groups is 1. The number of hydrogen-bond donors (Lipinski definition) is 1. The van der Waals surface area contributed by atoms with E-state index in [-0.39, 0.29) is 5.91 Å². The molecule has 0 spiro atoms. The number of nitrogens with one attached hydrogen (secondary N) is 1. The third-order valence-corrected chi connectivity index (χ3v) is 5.13. The molecule has 1 aliphatic heterocycles. The maximum Gasteiger partial charge on any atom is 0.251 e. The number of benzene rings is 2. The number of amides is 1. The van der Waals surface area contributed by atoms with Gasteiger partial charge in [0, 0.05) is 30.1 Å². The van der Waals surface area contributed by atoms with Crippen molar-refractivity contribution in [2.75, 3.05) is 6.54 Å². The van der Waals surface area contributed by atoms with Crippen LogP contribution in [-0.2, 0) is 19.4 Å². The highest BCUT2D eigenvalue weighted by molar-refractivity contribution is 6.31. The Bertz CT molecular complexity index is 932. The van der Waals surface area contributed by atoms with Crippen molar-refractivity contribution in [1.29, 1.82) is 0 Å². The maximum absolute atomic E-state index is 12.4. The van der Waals surface area contributed by atoms with Crippen LogP contribution in [0.25, 0.3) is 11.0 Å². The van der Waals surface area contributed by atoms with Gasteiger partial charge in [-0.1, -0.05) is 29.8 Å². The Kier molecular flexibility index (Phi) is 4.45. The van der Waals surface area contributed by atoms with Gasteiger partial charge in [-0.25, -0.2) is 4.98 Å². The molecule has 0 saturated heterocycles. The molecule has 0 bridgehead atoms. The van der Waals surface area contributed by atoms with Gasteiger partial charge >= 0.3 is 0 Å². The van der Waals surface area contributed by atoms with E-state index in [9.17, 15) is 4.79 Å². The Hall–Kier alpha value is -2.33. The van der Waals surface area contributed by atoms with Crippen LogP contribution in [0.15, 0.2) is 42.5 Å². The first-order chi connectivity index (χ1) is 12.2. The minimum Gasteiger partial charge on any atom is -0.352 e. The molecule has 1 aromatic heterocycles. The van der Waals surface area contributed by atoms with Gasteiger partial charge in [0.15, 0.2) is 0 Å². The average molecular weight is 354 g/mol. The monoisotopic (exact) mass is 353 g/mol. The first kappa shape index (κ1) is 16.2. The Morgan fingerprint density at radius 3 is 2.96 bits per heavy atom. The molecule has 0 unspecified atom stereocenters. The molecule has 0 radical (unpaired) electrons. The summed E-state index contributed by atoms with van der Waals surface area (Å²) in [5.41, 5.74) is 3.74. The molecule has 4 nitrogen and oxygen atoms in total. The highest BCUT2D eigenvalue weighted by atomic mass is 35.5. The normalized spacial score (nSPS) is 13.6. The second-order valence-corrected chi connectivity index (χ2v) is 6.84. The molecule has 1 amide bonds. The molecular formula is C20H20ClN3O. The van der Waals surface area contributed by atoms with Gasteiger partial charge in [0.2, 0.25) is 0 Å². The molecule has 0 atom stereocenters. The first-order valence-electron chi connectivity index (χ1n) is 8.73. The molecule has 25 heavy (non-hydrogen) atoms. The topological polar surface area (TPSA) is 46.9 Å². The second-order valence-electron chi connectivity index (χ2n) is 6.44. The van der Waals surface area contributed by atoms with Crippen LogP contribution < -0.4 is 5.32 Å². The zero-order valence-electron chi connectivity index (χ0n) is 14.0. The Morgan fingerprint density at radius 2 is 2.08 bits per heavy atom. The lowest BCUT2D eigenvalue weighted by Crippen LogP contribution is -2.25. The first-order valence-corrected chi connectivity index (χ1v) is 9.11. The number of rotatable bonds is 4. The van der Waals surface area contributed by atoms with Crippen molar-refractivity contribution in [1.82, 2.24) is 14.9 Å². The fourth-order valence-corrected chi connectivity index (χ4v) is 3.66. The van der Waals surface area contributed by atoms with Crippen LogP contribution in [0.4, 0.5) is 0 Å². The molecule has 0 fully saturated rings. The summed E-state index contributed by atoms with van der Waals surface area (Å²) in [6, 6.07) is 13.5. The average Bonchev–Trinajstić information content (AvgIpc) is 3.01. The van der Waals surface area contributed by atoms with Gasteiger partial charge in [0.05, 0.1) is 11.0 Å². The highest BCUT2D eigenvalue weighted by Crippen LogP contribution is 2.23. The van der Waals surface area contributed by atoms with Gasteiger partial charge in [-0.3, -0.25) is 4.79 Å². The van der Waals surface area contributed by atoms with Crippen LogP contribution in [0.1, 0.15) is 34.6 Å². The van der Waals surface area contributed by atoms with Crippen LogP contribution in [0, 0.1) is 0 Å². The quantitative estimate of drug-likeness (QED) is 0.770. The highest BCUT2D eigenvalue weighted by Gasteiger charge is 2.16. The van der Waals surface area contributed by atoms with Gasteiger partial charge in [-0.15, -0.1) is 0 Å². The number of carbonyl (C=O) groups excluding carboxylic acids is 1. The number of aryl methyl sites for hydroxylation is 2. The zero-order valence-corrected chi connectivity index (χ0v) is 14.7. The van der Waals surface area contributed by atoms with Gasteiger partial charge in [0.25, 0.3) is 5.91 Å². The molecule has 1 aliphatic rings. The molecule has 2 aromatic carbocycles. The number of halogens is 1. The maximum atomic E-state index is 12.4. The minimum absolute atomic E-state index is 0.0695. The van der Waals surface area contributed by atoms with Gasteiger partial charge in [-0.05, 0) is 49.1 Å². The third kappa shape index (κ3) is 3.27. The van der Waals surface area contributed by atoms with Crippen LogP contribution in [0.5, 0.6) is 0 Å². The van der Waals surface area contributed by atoms with Crippen molar-refractivity contribution in [2.24, 2.45) is 0 Å². The minimum atomic E-state index is -0.0695. The molecular weight excluding hydrogens is 334 g/mol. The summed E-state index contributed by atoms with van der Waals surface area (Å²) in [7, 11) is 0. The van der Waals surface area contributed by atoms with Crippen molar-refractivity contribution in [3.05, 3.63) is 64.4 Å². The molecule has 1 N–H and O–H groups in total. The summed E-state index contributed by atoms with van der Waals surface area (Å²) in [4.78, 5) is 17.1. The number of hydrogen-bond acceptors (Lipinski definition) is 2. The molecule has 0 saturated carbocycles. The predicted octanol–water partition coefficient (Wildman–Crippen LogP) is 4.00. The zero-order chi connectivity index (χ0) is 17.2. The van der Waals surface area contributed by atoms with E-state index in [1.807, 2.05) is 42.5 Å². The van der Waals surface area contributed by atoms with E-state index in [1.54, 1.807) is 0 Å². The van der Waals surface area contributed by atoms with Crippen molar-refractivity contribution in [3.8, 4) is 0 Å². The summed E-state index contributed by atoms with van der Waals surface area (Å²) >= 11 is 6.15. The number of nitrogens with zero attached hydrogens (tertiary/aromatic N) is 2. The lowest BCUT2D eigenvalue weighted by Gasteiger charge is -2.13. The van der Waals surface area contributed by atoms with Crippen molar-refractivity contribution in [2.45, 2.75) is 32.2 Å². The van der Waals surface area contributed by atoms with Crippen molar-refractivity contribution in [3.63, 3.8) is 0 Å². The van der Waals surface area contributed by atoms with Crippen LogP contribution in [-0.4, -0.2) is 22.0 Å². The lowest BCUT2D eigenvalue weighted by atomic mass is 10.1. The summed E-state index contributed by atoms with van der Waals surface area (Å²) in [5.74, 6) is 1.07. The van der Waals surface area contributed by atoms with Crippen molar-refractivity contribution < 1.29 is 4.79 Å². The largest absolute Gasteiger partial charge is 0.352 e. The predicted molar refractivity (Wildman–Crippen MR) is 100 cm³/mol. The Labute approximate surface area is 151 Å². The van der Waals surface area contributed by atoms with Crippen LogP contribution in [0.3, 0.4) is 0 Å².